The van der Waals surface area contributed by atoms with E-state index < -0.39 is 4.92 Å². The van der Waals surface area contributed by atoms with Crippen molar-refractivity contribution in [3.05, 3.63) is 22.1 Å². The van der Waals surface area contributed by atoms with E-state index in [-0.39, 0.29) is 5.82 Å². The van der Waals surface area contributed by atoms with E-state index in [4.69, 9.17) is 0 Å². The zero-order valence-corrected chi connectivity index (χ0v) is 5.86. The van der Waals surface area contributed by atoms with Gasteiger partial charge in [0.1, 0.15) is 6.20 Å². The van der Waals surface area contributed by atoms with Gasteiger partial charge in [-0.1, -0.05) is 0 Å². The van der Waals surface area contributed by atoms with Gasteiger partial charge in [0.25, 0.3) is 0 Å². The molecule has 0 atom stereocenters. The van der Waals surface area contributed by atoms with Crippen molar-refractivity contribution in [2.24, 2.45) is 0 Å². The SMILES string of the molecule is O=[N+]([O-])c1cn2c(n1)CCC2. The van der Waals surface area contributed by atoms with Gasteiger partial charge in [-0.05, 0) is 16.3 Å². The van der Waals surface area contributed by atoms with Gasteiger partial charge in [-0.3, -0.25) is 0 Å². The van der Waals surface area contributed by atoms with Crippen molar-refractivity contribution in [1.29, 1.82) is 0 Å². The monoisotopic (exact) mass is 153 g/mol. The first-order valence-corrected chi connectivity index (χ1v) is 3.48. The van der Waals surface area contributed by atoms with Gasteiger partial charge in [0.15, 0.2) is 0 Å². The van der Waals surface area contributed by atoms with Crippen LogP contribution in [0.3, 0.4) is 0 Å². The summed E-state index contributed by atoms with van der Waals surface area (Å²) < 4.78 is 1.85. The molecule has 1 aliphatic heterocycles. The predicted molar refractivity (Wildman–Crippen MR) is 37.2 cm³/mol. The third-order valence-corrected chi connectivity index (χ3v) is 1.83. The third kappa shape index (κ3) is 0.886. The summed E-state index contributed by atoms with van der Waals surface area (Å²) in [6, 6.07) is 0. The molecule has 0 amide bonds. The average Bonchev–Trinajstić information content (AvgIpc) is 2.40. The predicted octanol–water partition coefficient (Wildman–Crippen LogP) is 0.737. The maximum absolute atomic E-state index is 10.2. The summed E-state index contributed by atoms with van der Waals surface area (Å²) in [7, 11) is 0. The molecule has 1 aliphatic rings. The Morgan fingerprint density at radius 2 is 2.55 bits per heavy atom. The fourth-order valence-electron chi connectivity index (χ4n) is 1.33. The second-order valence-electron chi connectivity index (χ2n) is 2.57. The number of fused-ring (bicyclic) bond motifs is 1. The van der Waals surface area contributed by atoms with Crippen LogP contribution < -0.4 is 0 Å². The Morgan fingerprint density at radius 1 is 1.73 bits per heavy atom. The van der Waals surface area contributed by atoms with E-state index in [0.717, 1.165) is 25.2 Å². The minimum Gasteiger partial charge on any atom is -0.358 e. The second-order valence-corrected chi connectivity index (χ2v) is 2.57. The first-order chi connectivity index (χ1) is 5.27. The molecule has 0 unspecified atom stereocenters. The van der Waals surface area contributed by atoms with Crippen LogP contribution in [-0.4, -0.2) is 14.5 Å². The molecule has 0 bridgehead atoms. The van der Waals surface area contributed by atoms with Crippen LogP contribution >= 0.6 is 0 Å². The van der Waals surface area contributed by atoms with Crippen molar-refractivity contribution in [2.45, 2.75) is 19.4 Å². The van der Waals surface area contributed by atoms with Gasteiger partial charge in [0.05, 0.1) is 0 Å². The molecule has 1 aromatic heterocycles. The lowest BCUT2D eigenvalue weighted by molar-refractivity contribution is -0.389. The molecule has 58 valence electrons. The Kier molecular flexibility index (Phi) is 1.18. The molecule has 0 saturated heterocycles. The molecule has 2 rings (SSSR count). The summed E-state index contributed by atoms with van der Waals surface area (Å²) in [5.74, 6) is 0.816. The zero-order chi connectivity index (χ0) is 7.84. The highest BCUT2D eigenvalue weighted by atomic mass is 16.6. The number of rotatable bonds is 1. The van der Waals surface area contributed by atoms with Gasteiger partial charge < -0.3 is 14.7 Å². The number of hydrogen-bond acceptors (Lipinski definition) is 3. The number of nitro groups is 1. The summed E-state index contributed by atoms with van der Waals surface area (Å²) in [4.78, 5) is 13.6. The summed E-state index contributed by atoms with van der Waals surface area (Å²) in [5, 5.41) is 10.2. The number of imidazole rings is 1. The Morgan fingerprint density at radius 3 is 3.18 bits per heavy atom. The molecule has 5 nitrogen and oxygen atoms in total. The molecule has 0 saturated carbocycles. The van der Waals surface area contributed by atoms with Crippen LogP contribution in [0.5, 0.6) is 0 Å². The van der Waals surface area contributed by atoms with Crippen LogP contribution in [0.25, 0.3) is 0 Å². The van der Waals surface area contributed by atoms with Gasteiger partial charge in [-0.15, -0.1) is 0 Å². The van der Waals surface area contributed by atoms with E-state index in [9.17, 15) is 10.1 Å². The van der Waals surface area contributed by atoms with Gasteiger partial charge in [0.2, 0.25) is 5.82 Å². The van der Waals surface area contributed by atoms with Crippen molar-refractivity contribution in [1.82, 2.24) is 9.55 Å². The van der Waals surface area contributed by atoms with Gasteiger partial charge >= 0.3 is 5.82 Å². The molecular formula is C6H7N3O2. The molecule has 2 heterocycles. The molecule has 1 aromatic rings. The van der Waals surface area contributed by atoms with Crippen molar-refractivity contribution in [2.75, 3.05) is 0 Å². The number of nitrogens with zero attached hydrogens (tertiary/aromatic N) is 3. The fraction of sp³-hybridized carbons (Fsp3) is 0.500. The van der Waals surface area contributed by atoms with Crippen LogP contribution in [-0.2, 0) is 13.0 Å². The number of hydrogen-bond donors (Lipinski definition) is 0. The van der Waals surface area contributed by atoms with E-state index in [0.29, 0.717) is 0 Å². The Labute approximate surface area is 62.8 Å². The van der Waals surface area contributed by atoms with E-state index in [1.807, 2.05) is 4.57 Å². The minimum absolute atomic E-state index is 0.0281. The molecule has 0 N–H and O–H groups in total. The largest absolute Gasteiger partial charge is 0.381 e. The van der Waals surface area contributed by atoms with Crippen molar-refractivity contribution < 1.29 is 4.92 Å². The Hall–Kier alpha value is -1.39. The van der Waals surface area contributed by atoms with Crippen LogP contribution in [0.1, 0.15) is 12.2 Å². The van der Waals surface area contributed by atoms with E-state index >= 15 is 0 Å². The Bertz CT molecular complexity index is 283. The van der Waals surface area contributed by atoms with E-state index in [1.165, 1.54) is 6.20 Å². The molecule has 0 spiro atoms. The maximum Gasteiger partial charge on any atom is 0.381 e. The lowest BCUT2D eigenvalue weighted by atomic mass is 10.4. The zero-order valence-electron chi connectivity index (χ0n) is 5.86. The van der Waals surface area contributed by atoms with E-state index in [1.54, 1.807) is 0 Å². The standard InChI is InChI=1S/C6H7N3O2/c10-9(11)6-4-8-3-1-2-5(8)7-6/h4H,1-3H2. The van der Waals surface area contributed by atoms with E-state index in [2.05, 4.69) is 4.98 Å². The smallest absolute Gasteiger partial charge is 0.358 e. The van der Waals surface area contributed by atoms with Crippen LogP contribution in [0, 0.1) is 10.1 Å². The molecule has 0 aromatic carbocycles. The maximum atomic E-state index is 10.2. The summed E-state index contributed by atoms with van der Waals surface area (Å²) in [5.41, 5.74) is 0. The first kappa shape index (κ1) is 6.33. The molecule has 11 heavy (non-hydrogen) atoms. The summed E-state index contributed by atoms with van der Waals surface area (Å²) in [6.45, 7) is 0.871. The summed E-state index contributed by atoms with van der Waals surface area (Å²) in [6.07, 6.45) is 3.43. The van der Waals surface area contributed by atoms with Gasteiger partial charge in [-0.25, -0.2) is 0 Å². The molecule has 0 aliphatic carbocycles. The van der Waals surface area contributed by atoms with Gasteiger partial charge in [-0.2, -0.15) is 0 Å². The van der Waals surface area contributed by atoms with Crippen molar-refractivity contribution >= 4 is 5.82 Å². The first-order valence-electron chi connectivity index (χ1n) is 3.48. The number of aryl methyl sites for hydroxylation is 2. The summed E-state index contributed by atoms with van der Waals surface area (Å²) >= 11 is 0. The molecule has 5 heteroatoms. The topological polar surface area (TPSA) is 61.0 Å². The normalized spacial score (nSPS) is 14.9. The third-order valence-electron chi connectivity index (χ3n) is 1.83. The molecule has 0 radical (unpaired) electrons. The van der Waals surface area contributed by atoms with Crippen LogP contribution in [0.4, 0.5) is 5.82 Å². The van der Waals surface area contributed by atoms with Crippen molar-refractivity contribution in [3.63, 3.8) is 0 Å². The lowest BCUT2D eigenvalue weighted by Crippen LogP contribution is -1.88. The lowest BCUT2D eigenvalue weighted by Gasteiger charge is -1.87. The highest BCUT2D eigenvalue weighted by Crippen LogP contribution is 2.18. The Balaban J connectivity index is 2.42. The van der Waals surface area contributed by atoms with Crippen molar-refractivity contribution in [3.8, 4) is 0 Å². The van der Waals surface area contributed by atoms with Crippen LogP contribution in [0.15, 0.2) is 6.20 Å². The number of aromatic nitrogens is 2. The fourth-order valence-corrected chi connectivity index (χ4v) is 1.33. The second kappa shape index (κ2) is 2.05. The average molecular weight is 153 g/mol. The minimum atomic E-state index is -0.453. The van der Waals surface area contributed by atoms with Gasteiger partial charge in [0, 0.05) is 13.0 Å². The highest BCUT2D eigenvalue weighted by molar-refractivity contribution is 5.18. The quantitative estimate of drug-likeness (QED) is 0.441. The highest BCUT2D eigenvalue weighted by Gasteiger charge is 2.21. The molecule has 0 fully saturated rings. The van der Waals surface area contributed by atoms with Crippen LogP contribution in [0.2, 0.25) is 0 Å². The molecular weight excluding hydrogens is 146 g/mol.